The zero-order valence-corrected chi connectivity index (χ0v) is 20.1. The zero-order chi connectivity index (χ0) is 22.1. The first-order valence-corrected chi connectivity index (χ1v) is 11.1. The van der Waals surface area contributed by atoms with Crippen LogP contribution < -0.4 is 9.47 Å². The summed E-state index contributed by atoms with van der Waals surface area (Å²) in [6.07, 6.45) is 1.42. The number of oxime groups is 1. The van der Waals surface area contributed by atoms with E-state index >= 15 is 0 Å². The highest BCUT2D eigenvalue weighted by Gasteiger charge is 2.13. The van der Waals surface area contributed by atoms with E-state index in [2.05, 4.69) is 5.16 Å². The summed E-state index contributed by atoms with van der Waals surface area (Å²) in [6, 6.07) is 15.8. The van der Waals surface area contributed by atoms with Gasteiger partial charge in [0.05, 0.1) is 5.71 Å². The van der Waals surface area contributed by atoms with Crippen LogP contribution in [0.25, 0.3) is 0 Å². The molecule has 1 unspecified atom stereocenters. The van der Waals surface area contributed by atoms with Gasteiger partial charge in [0.15, 0.2) is 0 Å². The van der Waals surface area contributed by atoms with Crippen molar-refractivity contribution in [2.24, 2.45) is 5.16 Å². The van der Waals surface area contributed by atoms with Crippen molar-refractivity contribution in [2.75, 3.05) is 6.61 Å². The maximum absolute atomic E-state index is 5.96. The van der Waals surface area contributed by atoms with Gasteiger partial charge in [-0.15, -0.1) is 0 Å². The van der Waals surface area contributed by atoms with Crippen molar-refractivity contribution in [1.29, 1.82) is 0 Å². The second-order valence-corrected chi connectivity index (χ2v) is 9.70. The number of ether oxygens (including phenoxy) is 2. The Morgan fingerprint density at radius 1 is 1.00 bits per heavy atom. The molecule has 4 nitrogen and oxygen atoms in total. The van der Waals surface area contributed by atoms with Gasteiger partial charge in [-0.1, -0.05) is 40.1 Å². The number of rotatable bonds is 9. The molecule has 0 aliphatic rings. The van der Waals surface area contributed by atoms with Crippen LogP contribution in [0.4, 0.5) is 0 Å². The Balaban J connectivity index is 1.89. The summed E-state index contributed by atoms with van der Waals surface area (Å²) < 4.78 is 11.7. The number of nitrogens with zero attached hydrogens (tertiary/aromatic N) is 1. The normalized spacial score (nSPS) is 12.8. The Hall–Kier alpha value is -1.82. The molecule has 0 aliphatic heterocycles. The van der Waals surface area contributed by atoms with Crippen molar-refractivity contribution in [3.8, 4) is 11.5 Å². The average Bonchev–Trinajstić information content (AvgIpc) is 2.68. The Kier molecular flexibility index (Phi) is 9.40. The van der Waals surface area contributed by atoms with Gasteiger partial charge in [0, 0.05) is 9.79 Å². The molecule has 0 radical (unpaired) electrons. The van der Waals surface area contributed by atoms with Crippen LogP contribution in [0.1, 0.15) is 34.6 Å². The molecule has 0 saturated heterocycles. The Labute approximate surface area is 193 Å². The molecule has 162 valence electrons. The fourth-order valence-corrected chi connectivity index (χ4v) is 3.04. The molecular formula is C23H27Cl2NO3S. The minimum atomic E-state index is -0.320. The molecule has 0 spiro atoms. The molecular weight excluding hydrogens is 441 g/mol. The first kappa shape index (κ1) is 24.4. The van der Waals surface area contributed by atoms with Gasteiger partial charge < -0.3 is 14.3 Å². The van der Waals surface area contributed by atoms with Crippen LogP contribution in [0, 0.1) is 0 Å². The Morgan fingerprint density at radius 2 is 1.53 bits per heavy atom. The lowest BCUT2D eigenvalue weighted by Crippen LogP contribution is -2.24. The molecule has 0 fully saturated rings. The fourth-order valence-electron chi connectivity index (χ4n) is 2.10. The molecule has 0 aliphatic carbocycles. The molecule has 2 aromatic rings. The van der Waals surface area contributed by atoms with E-state index in [0.717, 1.165) is 27.0 Å². The summed E-state index contributed by atoms with van der Waals surface area (Å²) >= 11 is 12.8. The van der Waals surface area contributed by atoms with Crippen LogP contribution in [0.15, 0.2) is 74.0 Å². The van der Waals surface area contributed by atoms with Crippen LogP contribution in [0.5, 0.6) is 11.5 Å². The van der Waals surface area contributed by atoms with Crippen molar-refractivity contribution < 1.29 is 14.3 Å². The number of hydrogen-bond acceptors (Lipinski definition) is 5. The monoisotopic (exact) mass is 467 g/mol. The smallest absolute Gasteiger partial charge is 0.137 e. The largest absolute Gasteiger partial charge is 0.489 e. The second-order valence-electron chi connectivity index (χ2n) is 7.55. The van der Waals surface area contributed by atoms with E-state index in [1.165, 1.54) is 0 Å². The van der Waals surface area contributed by atoms with Gasteiger partial charge in [0.1, 0.15) is 34.3 Å². The van der Waals surface area contributed by atoms with Crippen LogP contribution in [-0.2, 0) is 4.84 Å². The Morgan fingerprint density at radius 3 is 2.03 bits per heavy atom. The van der Waals surface area contributed by atoms with Gasteiger partial charge in [-0.2, -0.15) is 0 Å². The predicted octanol–water partition coefficient (Wildman–Crippen LogP) is 7.49. The Bertz CT molecular complexity index is 856. The third kappa shape index (κ3) is 9.33. The minimum absolute atomic E-state index is 0.179. The van der Waals surface area contributed by atoms with E-state index in [1.807, 2.05) is 83.1 Å². The summed E-state index contributed by atoms with van der Waals surface area (Å²) in [4.78, 5) is 7.68. The van der Waals surface area contributed by atoms with Gasteiger partial charge in [-0.05, 0) is 89.2 Å². The molecule has 0 amide bonds. The number of benzene rings is 2. The standard InChI is InChI=1S/C23H27Cl2NO3S/c1-16(26-29-23(3,4)5)17(2)28-19-8-12-21(13-9-19)30-20-10-6-18(7-11-20)27-15-14-22(24)25/h6-14,17H,15H2,1-5H3. The molecule has 0 heterocycles. The van der Waals surface area contributed by atoms with E-state index in [-0.39, 0.29) is 16.2 Å². The van der Waals surface area contributed by atoms with Gasteiger partial charge in [-0.3, -0.25) is 0 Å². The molecule has 0 saturated carbocycles. The average molecular weight is 468 g/mol. The van der Waals surface area contributed by atoms with Crippen LogP contribution >= 0.6 is 35.0 Å². The van der Waals surface area contributed by atoms with Crippen molar-refractivity contribution in [3.63, 3.8) is 0 Å². The lowest BCUT2D eigenvalue weighted by molar-refractivity contribution is -0.000604. The summed E-state index contributed by atoms with van der Waals surface area (Å²) in [5.74, 6) is 1.54. The van der Waals surface area contributed by atoms with Gasteiger partial charge in [0.2, 0.25) is 0 Å². The first-order valence-electron chi connectivity index (χ1n) is 9.53. The topological polar surface area (TPSA) is 40.0 Å². The zero-order valence-electron chi connectivity index (χ0n) is 17.8. The van der Waals surface area contributed by atoms with Gasteiger partial charge in [-0.25, -0.2) is 0 Å². The second kappa shape index (κ2) is 11.5. The molecule has 0 N–H and O–H groups in total. The predicted molar refractivity (Wildman–Crippen MR) is 126 cm³/mol. The van der Waals surface area contributed by atoms with E-state index in [9.17, 15) is 0 Å². The van der Waals surface area contributed by atoms with Crippen molar-refractivity contribution in [3.05, 3.63) is 59.1 Å². The molecule has 30 heavy (non-hydrogen) atoms. The van der Waals surface area contributed by atoms with Crippen LogP contribution in [0.3, 0.4) is 0 Å². The highest BCUT2D eigenvalue weighted by molar-refractivity contribution is 7.99. The maximum Gasteiger partial charge on any atom is 0.137 e. The first-order chi connectivity index (χ1) is 14.1. The molecule has 0 aromatic heterocycles. The highest BCUT2D eigenvalue weighted by Crippen LogP contribution is 2.30. The van der Waals surface area contributed by atoms with Crippen molar-refractivity contribution in [2.45, 2.75) is 56.1 Å². The van der Waals surface area contributed by atoms with E-state index < -0.39 is 0 Å². The molecule has 7 heteroatoms. The SMILES string of the molecule is CC(=NOC(C)(C)C)C(C)Oc1ccc(Sc2ccc(OCC=C(Cl)Cl)cc2)cc1. The van der Waals surface area contributed by atoms with Gasteiger partial charge in [0.25, 0.3) is 0 Å². The van der Waals surface area contributed by atoms with Crippen molar-refractivity contribution >= 4 is 40.7 Å². The summed E-state index contributed by atoms with van der Waals surface area (Å²) in [6.45, 7) is 10.1. The van der Waals surface area contributed by atoms with E-state index in [4.69, 9.17) is 37.5 Å². The van der Waals surface area contributed by atoms with E-state index in [1.54, 1.807) is 17.8 Å². The third-order valence-electron chi connectivity index (χ3n) is 3.74. The summed E-state index contributed by atoms with van der Waals surface area (Å²) in [7, 11) is 0. The highest BCUT2D eigenvalue weighted by atomic mass is 35.5. The minimum Gasteiger partial charge on any atom is -0.489 e. The molecule has 2 rings (SSSR count). The van der Waals surface area contributed by atoms with E-state index in [0.29, 0.717) is 6.61 Å². The third-order valence-corrected chi connectivity index (χ3v) is 5.06. The number of halogens is 2. The lowest BCUT2D eigenvalue weighted by Gasteiger charge is -2.19. The number of hydrogen-bond donors (Lipinski definition) is 0. The fraction of sp³-hybridized carbons (Fsp3) is 0.348. The quantitative estimate of drug-likeness (QED) is 0.282. The van der Waals surface area contributed by atoms with Crippen LogP contribution in [-0.4, -0.2) is 24.0 Å². The summed E-state index contributed by atoms with van der Waals surface area (Å²) in [5, 5.41) is 4.16. The van der Waals surface area contributed by atoms with Gasteiger partial charge >= 0.3 is 0 Å². The molecule has 2 aromatic carbocycles. The van der Waals surface area contributed by atoms with Crippen LogP contribution in [0.2, 0.25) is 0 Å². The van der Waals surface area contributed by atoms with Crippen molar-refractivity contribution in [1.82, 2.24) is 0 Å². The summed E-state index contributed by atoms with van der Waals surface area (Å²) in [5.41, 5.74) is 0.466. The lowest BCUT2D eigenvalue weighted by atomic mass is 10.2. The molecule has 1 atom stereocenters. The maximum atomic E-state index is 5.96. The molecule has 0 bridgehead atoms.